The van der Waals surface area contributed by atoms with E-state index in [1.165, 1.54) is 4.90 Å². The molecule has 0 aliphatic heterocycles. The number of primary amides is 1. The van der Waals surface area contributed by atoms with E-state index in [1.54, 1.807) is 30.6 Å². The van der Waals surface area contributed by atoms with Crippen LogP contribution < -0.4 is 10.6 Å². The van der Waals surface area contributed by atoms with E-state index >= 15 is 0 Å². The number of para-hydroxylation sites is 1. The number of nitrogens with zero attached hydrogens (tertiary/aromatic N) is 2. The zero-order valence-electron chi connectivity index (χ0n) is 9.80. The molecule has 0 spiro atoms. The molecule has 0 atom stereocenters. The Morgan fingerprint density at radius 3 is 2.67 bits per heavy atom. The summed E-state index contributed by atoms with van der Waals surface area (Å²) in [7, 11) is 0. The average molecular weight is 262 g/mol. The molecular weight excluding hydrogens is 250 g/mol. The fourth-order valence-corrected chi connectivity index (χ4v) is 2.07. The molecule has 0 unspecified atom stereocenters. The molecule has 0 fully saturated rings. The first kappa shape index (κ1) is 12.4. The van der Waals surface area contributed by atoms with Crippen molar-refractivity contribution in [2.75, 3.05) is 4.90 Å². The number of hydrogen-bond acceptors (Lipinski definition) is 2. The third-order valence-electron chi connectivity index (χ3n) is 2.54. The van der Waals surface area contributed by atoms with E-state index in [2.05, 4.69) is 4.98 Å². The van der Waals surface area contributed by atoms with Crippen LogP contribution in [0.3, 0.4) is 0 Å². The number of aromatic nitrogens is 1. The lowest BCUT2D eigenvalue weighted by Crippen LogP contribution is -2.32. The Bertz CT molecular complexity index is 551. The molecular formula is C13H12ClN3O. The van der Waals surface area contributed by atoms with Gasteiger partial charge in [0.25, 0.3) is 0 Å². The van der Waals surface area contributed by atoms with Crippen molar-refractivity contribution in [2.45, 2.75) is 6.92 Å². The fraction of sp³-hybridized carbons (Fsp3) is 0.0769. The van der Waals surface area contributed by atoms with Crippen molar-refractivity contribution in [3.8, 4) is 0 Å². The number of aryl methyl sites for hydroxylation is 1. The van der Waals surface area contributed by atoms with Gasteiger partial charge >= 0.3 is 6.03 Å². The molecule has 2 N–H and O–H groups in total. The highest BCUT2D eigenvalue weighted by Crippen LogP contribution is 2.34. The number of pyridine rings is 1. The van der Waals surface area contributed by atoms with Crippen LogP contribution in [0.2, 0.25) is 5.02 Å². The second-order valence-corrected chi connectivity index (χ2v) is 4.20. The Morgan fingerprint density at radius 2 is 2.11 bits per heavy atom. The molecule has 2 aromatic rings. The Hall–Kier alpha value is -2.07. The highest BCUT2D eigenvalue weighted by atomic mass is 35.5. The number of halogens is 1. The molecule has 1 aromatic carbocycles. The van der Waals surface area contributed by atoms with Crippen molar-refractivity contribution in [1.82, 2.24) is 4.98 Å². The lowest BCUT2D eigenvalue weighted by atomic mass is 10.1. The Morgan fingerprint density at radius 1 is 1.33 bits per heavy atom. The Labute approximate surface area is 110 Å². The molecule has 2 amide bonds. The second-order valence-electron chi connectivity index (χ2n) is 3.79. The maximum Gasteiger partial charge on any atom is 0.323 e. The van der Waals surface area contributed by atoms with E-state index < -0.39 is 6.03 Å². The Kier molecular flexibility index (Phi) is 3.48. The van der Waals surface area contributed by atoms with Gasteiger partial charge in [-0.05, 0) is 30.7 Å². The number of carbonyl (C=O) groups excluding carboxylic acids is 1. The summed E-state index contributed by atoms with van der Waals surface area (Å²) < 4.78 is 0. The van der Waals surface area contributed by atoms with Gasteiger partial charge in [0, 0.05) is 6.20 Å². The molecule has 0 radical (unpaired) electrons. The van der Waals surface area contributed by atoms with Crippen molar-refractivity contribution >= 4 is 29.0 Å². The summed E-state index contributed by atoms with van der Waals surface area (Å²) in [5.74, 6) is 0. The molecule has 0 bridgehead atoms. The summed E-state index contributed by atoms with van der Waals surface area (Å²) in [6, 6.07) is 8.30. The smallest absolute Gasteiger partial charge is 0.323 e. The normalized spacial score (nSPS) is 10.1. The zero-order valence-corrected chi connectivity index (χ0v) is 10.6. The van der Waals surface area contributed by atoms with Crippen molar-refractivity contribution in [1.29, 1.82) is 0 Å². The SMILES string of the molecule is Cc1cccc(Cl)c1N(C(N)=O)c1cccnc1. The highest BCUT2D eigenvalue weighted by molar-refractivity contribution is 6.34. The first-order chi connectivity index (χ1) is 8.61. The molecule has 0 aliphatic rings. The molecule has 1 heterocycles. The minimum absolute atomic E-state index is 0.470. The van der Waals surface area contributed by atoms with Crippen molar-refractivity contribution in [3.63, 3.8) is 0 Å². The molecule has 0 aliphatic carbocycles. The summed E-state index contributed by atoms with van der Waals surface area (Å²) in [4.78, 5) is 17.0. The molecule has 2 rings (SSSR count). The van der Waals surface area contributed by atoms with Crippen LogP contribution in [0.4, 0.5) is 16.2 Å². The summed E-state index contributed by atoms with van der Waals surface area (Å²) in [5.41, 5.74) is 7.47. The van der Waals surface area contributed by atoms with Crippen LogP contribution in [-0.2, 0) is 0 Å². The zero-order chi connectivity index (χ0) is 13.1. The minimum atomic E-state index is -0.598. The number of benzene rings is 1. The van der Waals surface area contributed by atoms with Crippen LogP contribution in [0.1, 0.15) is 5.56 Å². The topological polar surface area (TPSA) is 59.2 Å². The van der Waals surface area contributed by atoms with Crippen LogP contribution >= 0.6 is 11.6 Å². The largest absolute Gasteiger partial charge is 0.351 e. The summed E-state index contributed by atoms with van der Waals surface area (Å²) >= 11 is 6.15. The van der Waals surface area contributed by atoms with Crippen LogP contribution in [0.5, 0.6) is 0 Å². The van der Waals surface area contributed by atoms with Gasteiger partial charge in [-0.2, -0.15) is 0 Å². The molecule has 92 valence electrons. The van der Waals surface area contributed by atoms with Crippen molar-refractivity contribution in [2.24, 2.45) is 5.73 Å². The van der Waals surface area contributed by atoms with Crippen molar-refractivity contribution < 1.29 is 4.79 Å². The van der Waals surface area contributed by atoms with Crippen molar-refractivity contribution in [3.05, 3.63) is 53.3 Å². The Balaban J connectivity index is 2.60. The van der Waals surface area contributed by atoms with E-state index in [4.69, 9.17) is 17.3 Å². The number of nitrogens with two attached hydrogens (primary N) is 1. The lowest BCUT2D eigenvalue weighted by molar-refractivity contribution is 0.256. The third-order valence-corrected chi connectivity index (χ3v) is 2.84. The van der Waals surface area contributed by atoms with E-state index in [-0.39, 0.29) is 0 Å². The molecule has 1 aromatic heterocycles. The van der Waals surface area contributed by atoms with Crippen LogP contribution in [0.15, 0.2) is 42.7 Å². The maximum atomic E-state index is 11.7. The van der Waals surface area contributed by atoms with Gasteiger partial charge in [0.1, 0.15) is 0 Å². The number of anilines is 2. The van der Waals surface area contributed by atoms with E-state index in [1.807, 2.05) is 19.1 Å². The first-order valence-electron chi connectivity index (χ1n) is 5.36. The van der Waals surface area contributed by atoms with Gasteiger partial charge in [-0.1, -0.05) is 23.7 Å². The van der Waals surface area contributed by atoms with Gasteiger partial charge in [0.05, 0.1) is 22.6 Å². The van der Waals surface area contributed by atoms with E-state index in [0.29, 0.717) is 16.4 Å². The number of hydrogen-bond donors (Lipinski definition) is 1. The van der Waals surface area contributed by atoms with Gasteiger partial charge in [0.2, 0.25) is 0 Å². The monoisotopic (exact) mass is 261 g/mol. The average Bonchev–Trinajstić information content (AvgIpc) is 2.34. The van der Waals surface area contributed by atoms with Gasteiger partial charge in [0.15, 0.2) is 0 Å². The quantitative estimate of drug-likeness (QED) is 0.902. The highest BCUT2D eigenvalue weighted by Gasteiger charge is 2.19. The van der Waals surface area contributed by atoms with E-state index in [9.17, 15) is 4.79 Å². The summed E-state index contributed by atoms with van der Waals surface area (Å²) in [6.07, 6.45) is 3.19. The lowest BCUT2D eigenvalue weighted by Gasteiger charge is -2.23. The fourth-order valence-electron chi connectivity index (χ4n) is 1.76. The van der Waals surface area contributed by atoms with Gasteiger partial charge < -0.3 is 5.73 Å². The minimum Gasteiger partial charge on any atom is -0.351 e. The molecule has 18 heavy (non-hydrogen) atoms. The third kappa shape index (κ3) is 2.28. The predicted molar refractivity (Wildman–Crippen MR) is 72.1 cm³/mol. The predicted octanol–water partition coefficient (Wildman–Crippen LogP) is 3.26. The summed E-state index contributed by atoms with van der Waals surface area (Å²) in [6.45, 7) is 1.87. The second kappa shape index (κ2) is 5.06. The number of amides is 2. The molecule has 4 nitrogen and oxygen atoms in total. The molecule has 0 saturated heterocycles. The molecule has 0 saturated carbocycles. The van der Waals surface area contributed by atoms with Crippen LogP contribution in [0, 0.1) is 6.92 Å². The number of carbonyl (C=O) groups is 1. The maximum absolute atomic E-state index is 11.7. The van der Waals surface area contributed by atoms with Crippen LogP contribution in [0.25, 0.3) is 0 Å². The van der Waals surface area contributed by atoms with Gasteiger partial charge in [-0.25, -0.2) is 4.79 Å². The number of rotatable bonds is 2. The summed E-state index contributed by atoms with van der Waals surface area (Å²) in [5, 5.41) is 0.470. The number of urea groups is 1. The first-order valence-corrected chi connectivity index (χ1v) is 5.73. The van der Waals surface area contributed by atoms with Crippen LogP contribution in [-0.4, -0.2) is 11.0 Å². The van der Waals surface area contributed by atoms with E-state index in [0.717, 1.165) is 5.56 Å². The standard InChI is InChI=1S/C13H12ClN3O/c1-9-4-2-6-11(14)12(9)17(13(15)18)10-5-3-7-16-8-10/h2-8H,1H3,(H2,15,18). The van der Waals surface area contributed by atoms with Gasteiger partial charge in [-0.15, -0.1) is 0 Å². The molecule has 5 heteroatoms. The van der Waals surface area contributed by atoms with Gasteiger partial charge in [-0.3, -0.25) is 9.88 Å².